The maximum Gasteiger partial charge on any atom is 0.293 e. The highest BCUT2D eigenvalue weighted by atomic mass is 35.5. The monoisotopic (exact) mass is 257 g/mol. The van der Waals surface area contributed by atoms with E-state index in [0.29, 0.717) is 11.7 Å². The second-order valence-electron chi connectivity index (χ2n) is 4.94. The number of nitrogens with zero attached hydrogens (tertiary/aromatic N) is 2. The average molecular weight is 258 g/mol. The van der Waals surface area contributed by atoms with Gasteiger partial charge in [-0.3, -0.25) is 4.79 Å². The number of unbranched alkanes of at least 4 members (excludes halogenated alkanes) is 1. The van der Waals surface area contributed by atoms with Gasteiger partial charge in [-0.15, -0.1) is 11.6 Å². The maximum absolute atomic E-state index is 12.1. The van der Waals surface area contributed by atoms with E-state index in [9.17, 15) is 4.79 Å². The molecule has 0 saturated carbocycles. The van der Waals surface area contributed by atoms with Gasteiger partial charge < -0.3 is 9.88 Å². The highest BCUT2D eigenvalue weighted by Crippen LogP contribution is 2.10. The molecule has 0 unspecified atom stereocenters. The quantitative estimate of drug-likeness (QED) is 0.651. The predicted octanol–water partition coefficient (Wildman–Crippen LogP) is 2.43. The van der Waals surface area contributed by atoms with E-state index in [-0.39, 0.29) is 11.1 Å². The van der Waals surface area contributed by atoms with Gasteiger partial charge in [0.05, 0.1) is 0 Å². The van der Waals surface area contributed by atoms with Gasteiger partial charge in [0, 0.05) is 30.4 Å². The molecule has 5 heteroatoms. The second-order valence-corrected chi connectivity index (χ2v) is 5.32. The van der Waals surface area contributed by atoms with Gasteiger partial charge in [0.15, 0.2) is 5.82 Å². The van der Waals surface area contributed by atoms with E-state index in [0.717, 1.165) is 19.4 Å². The van der Waals surface area contributed by atoms with Crippen LogP contribution in [-0.4, -0.2) is 22.0 Å². The van der Waals surface area contributed by atoms with Crippen molar-refractivity contribution in [2.45, 2.75) is 39.2 Å². The van der Waals surface area contributed by atoms with E-state index >= 15 is 0 Å². The molecular formula is C12H20ClN3O. The Labute approximate surface area is 107 Å². The van der Waals surface area contributed by atoms with Gasteiger partial charge in [0.2, 0.25) is 0 Å². The number of halogens is 1. The molecule has 0 bridgehead atoms. The number of rotatable bonds is 5. The summed E-state index contributed by atoms with van der Waals surface area (Å²) in [5, 5.41) is 3.06. The van der Waals surface area contributed by atoms with Crippen molar-refractivity contribution in [3.8, 4) is 0 Å². The molecule has 0 spiro atoms. The van der Waals surface area contributed by atoms with Gasteiger partial charge in [-0.25, -0.2) is 4.98 Å². The first-order chi connectivity index (χ1) is 7.96. The van der Waals surface area contributed by atoms with E-state index in [2.05, 4.69) is 10.3 Å². The van der Waals surface area contributed by atoms with Crippen LogP contribution in [0.1, 0.15) is 33.6 Å². The van der Waals surface area contributed by atoms with E-state index < -0.39 is 0 Å². The molecule has 96 valence electrons. The highest BCUT2D eigenvalue weighted by Gasteiger charge is 2.16. The normalized spacial score (nSPS) is 11.5. The van der Waals surface area contributed by atoms with Crippen LogP contribution in [0, 0.1) is 0 Å². The van der Waals surface area contributed by atoms with Gasteiger partial charge in [0.1, 0.15) is 0 Å². The zero-order chi connectivity index (χ0) is 12.9. The standard InChI is InChI=1S/C12H20ClN3O/c1-12(2,3)16-9-8-15-10(11(16)17)14-7-5-4-6-13/h8-9H,4-7H2,1-3H3,(H,14,15). The predicted molar refractivity (Wildman–Crippen MR) is 71.9 cm³/mol. The summed E-state index contributed by atoms with van der Waals surface area (Å²) in [6, 6.07) is 0. The highest BCUT2D eigenvalue weighted by molar-refractivity contribution is 6.17. The number of nitrogens with one attached hydrogen (secondary N) is 1. The van der Waals surface area contributed by atoms with Crippen molar-refractivity contribution in [1.29, 1.82) is 0 Å². The lowest BCUT2D eigenvalue weighted by molar-refractivity contribution is 0.383. The summed E-state index contributed by atoms with van der Waals surface area (Å²) < 4.78 is 1.68. The Balaban J connectivity index is 2.78. The SMILES string of the molecule is CC(C)(C)n1ccnc(NCCCCCl)c1=O. The molecule has 1 aromatic rings. The van der Waals surface area contributed by atoms with Crippen LogP contribution in [0.2, 0.25) is 0 Å². The van der Waals surface area contributed by atoms with Crippen LogP contribution in [0.15, 0.2) is 17.2 Å². The van der Waals surface area contributed by atoms with Crippen molar-refractivity contribution in [3.05, 3.63) is 22.7 Å². The van der Waals surface area contributed by atoms with E-state index in [4.69, 9.17) is 11.6 Å². The van der Waals surface area contributed by atoms with Crippen LogP contribution in [0.25, 0.3) is 0 Å². The molecule has 0 aliphatic carbocycles. The average Bonchev–Trinajstić information content (AvgIpc) is 2.25. The Morgan fingerprint density at radius 1 is 1.41 bits per heavy atom. The van der Waals surface area contributed by atoms with E-state index in [1.807, 2.05) is 20.8 Å². The molecule has 0 radical (unpaired) electrons. The molecule has 0 aromatic carbocycles. The third-order valence-electron chi connectivity index (χ3n) is 2.42. The number of anilines is 1. The van der Waals surface area contributed by atoms with Crippen LogP contribution in [0.4, 0.5) is 5.82 Å². The van der Waals surface area contributed by atoms with Gasteiger partial charge in [0.25, 0.3) is 5.56 Å². The lowest BCUT2D eigenvalue weighted by Crippen LogP contribution is -2.35. The van der Waals surface area contributed by atoms with Crippen molar-refractivity contribution < 1.29 is 0 Å². The molecule has 1 heterocycles. The second kappa shape index (κ2) is 6.05. The smallest absolute Gasteiger partial charge is 0.293 e. The number of hydrogen-bond acceptors (Lipinski definition) is 3. The van der Waals surface area contributed by atoms with Crippen LogP contribution in [0.3, 0.4) is 0 Å². The summed E-state index contributed by atoms with van der Waals surface area (Å²) in [4.78, 5) is 16.2. The molecule has 0 fully saturated rings. The molecule has 0 amide bonds. The van der Waals surface area contributed by atoms with Gasteiger partial charge in [-0.1, -0.05) is 0 Å². The fraction of sp³-hybridized carbons (Fsp3) is 0.667. The van der Waals surface area contributed by atoms with Crippen molar-refractivity contribution in [2.24, 2.45) is 0 Å². The molecule has 4 nitrogen and oxygen atoms in total. The topological polar surface area (TPSA) is 46.9 Å². The zero-order valence-electron chi connectivity index (χ0n) is 10.7. The first kappa shape index (κ1) is 14.0. The fourth-order valence-corrected chi connectivity index (χ4v) is 1.68. The molecule has 0 atom stereocenters. The molecule has 0 aliphatic heterocycles. The first-order valence-corrected chi connectivity index (χ1v) is 6.38. The molecule has 1 N–H and O–H groups in total. The zero-order valence-corrected chi connectivity index (χ0v) is 11.4. The number of hydrogen-bond donors (Lipinski definition) is 1. The minimum absolute atomic E-state index is 0.0779. The van der Waals surface area contributed by atoms with Crippen molar-refractivity contribution in [1.82, 2.24) is 9.55 Å². The van der Waals surface area contributed by atoms with Crippen LogP contribution in [0.5, 0.6) is 0 Å². The van der Waals surface area contributed by atoms with E-state index in [1.165, 1.54) is 0 Å². The Bertz CT molecular complexity index is 409. The Kier molecular flexibility index (Phi) is 5.00. The van der Waals surface area contributed by atoms with Crippen LogP contribution >= 0.6 is 11.6 Å². The lowest BCUT2D eigenvalue weighted by Gasteiger charge is -2.22. The largest absolute Gasteiger partial charge is 0.365 e. The van der Waals surface area contributed by atoms with E-state index in [1.54, 1.807) is 17.0 Å². The molecule has 1 rings (SSSR count). The van der Waals surface area contributed by atoms with Crippen molar-refractivity contribution >= 4 is 17.4 Å². The Hall–Kier alpha value is -1.03. The Morgan fingerprint density at radius 3 is 2.71 bits per heavy atom. The summed E-state index contributed by atoms with van der Waals surface area (Å²) in [5.74, 6) is 1.06. The van der Waals surface area contributed by atoms with Gasteiger partial charge >= 0.3 is 0 Å². The summed E-state index contributed by atoms with van der Waals surface area (Å²) in [7, 11) is 0. The fourth-order valence-electron chi connectivity index (χ4n) is 1.49. The van der Waals surface area contributed by atoms with Crippen LogP contribution < -0.4 is 10.9 Å². The molecule has 17 heavy (non-hydrogen) atoms. The van der Waals surface area contributed by atoms with Crippen molar-refractivity contribution in [3.63, 3.8) is 0 Å². The molecular weight excluding hydrogens is 238 g/mol. The lowest BCUT2D eigenvalue weighted by atomic mass is 10.1. The summed E-state index contributed by atoms with van der Waals surface area (Å²) in [5.41, 5.74) is -0.307. The van der Waals surface area contributed by atoms with Crippen LogP contribution in [-0.2, 0) is 5.54 Å². The number of alkyl halides is 1. The van der Waals surface area contributed by atoms with Gasteiger partial charge in [-0.2, -0.15) is 0 Å². The van der Waals surface area contributed by atoms with Crippen molar-refractivity contribution in [2.75, 3.05) is 17.7 Å². The Morgan fingerprint density at radius 2 is 2.12 bits per heavy atom. The maximum atomic E-state index is 12.1. The first-order valence-electron chi connectivity index (χ1n) is 5.85. The third-order valence-corrected chi connectivity index (χ3v) is 2.68. The molecule has 1 aromatic heterocycles. The van der Waals surface area contributed by atoms with Gasteiger partial charge in [-0.05, 0) is 33.6 Å². The molecule has 0 saturated heterocycles. The minimum Gasteiger partial charge on any atom is -0.365 e. The summed E-state index contributed by atoms with van der Waals surface area (Å²) >= 11 is 5.59. The summed E-state index contributed by atoms with van der Waals surface area (Å²) in [6.07, 6.45) is 5.24. The summed E-state index contributed by atoms with van der Waals surface area (Å²) in [6.45, 7) is 6.70. The number of aromatic nitrogens is 2. The molecule has 0 aliphatic rings. The minimum atomic E-state index is -0.230. The third kappa shape index (κ3) is 4.04.